The van der Waals surface area contributed by atoms with E-state index >= 15 is 0 Å². The zero-order valence-corrected chi connectivity index (χ0v) is 11.9. The third kappa shape index (κ3) is 2.18. The lowest BCUT2D eigenvalue weighted by Crippen LogP contribution is -2.67. The second kappa shape index (κ2) is 5.20. The predicted molar refractivity (Wildman–Crippen MR) is 72.7 cm³/mol. The molecular weight excluding hydrogens is 226 g/mol. The fourth-order valence-electron chi connectivity index (χ4n) is 3.74. The Bertz CT molecular complexity index is 294. The lowest BCUT2D eigenvalue weighted by Gasteiger charge is -2.57. The highest BCUT2D eigenvalue weighted by Crippen LogP contribution is 2.45. The second-order valence-corrected chi connectivity index (χ2v) is 6.31. The highest BCUT2D eigenvalue weighted by Gasteiger charge is 2.53. The van der Waals surface area contributed by atoms with Crippen LogP contribution in [0.5, 0.6) is 0 Å². The van der Waals surface area contributed by atoms with Crippen molar-refractivity contribution in [3.05, 3.63) is 0 Å². The second-order valence-electron chi connectivity index (χ2n) is 6.31. The third-order valence-corrected chi connectivity index (χ3v) is 5.49. The molecule has 0 atom stereocenters. The largest absolute Gasteiger partial charge is 0.480 e. The Morgan fingerprint density at radius 3 is 1.94 bits per heavy atom. The minimum absolute atomic E-state index is 0.398. The van der Waals surface area contributed by atoms with E-state index in [1.807, 2.05) is 0 Å². The molecule has 0 amide bonds. The molecule has 0 unspecified atom stereocenters. The van der Waals surface area contributed by atoms with Gasteiger partial charge in [-0.3, -0.25) is 9.69 Å². The number of aliphatic carboxylic acids is 1. The van der Waals surface area contributed by atoms with Gasteiger partial charge in [0.05, 0.1) is 0 Å². The first-order chi connectivity index (χ1) is 8.58. The van der Waals surface area contributed by atoms with Crippen LogP contribution in [0.15, 0.2) is 0 Å². The van der Waals surface area contributed by atoms with Gasteiger partial charge in [-0.2, -0.15) is 0 Å². The zero-order valence-electron chi connectivity index (χ0n) is 11.9. The van der Waals surface area contributed by atoms with E-state index in [0.717, 1.165) is 38.8 Å². The smallest absolute Gasteiger partial charge is 0.324 e. The summed E-state index contributed by atoms with van der Waals surface area (Å²) in [6.07, 6.45) is 8.62. The van der Waals surface area contributed by atoms with Crippen molar-refractivity contribution in [3.63, 3.8) is 0 Å². The molecule has 0 aromatic heterocycles. The Morgan fingerprint density at radius 2 is 1.56 bits per heavy atom. The third-order valence-electron chi connectivity index (χ3n) is 5.49. The van der Waals surface area contributed by atoms with Gasteiger partial charge in [0.1, 0.15) is 5.54 Å². The van der Waals surface area contributed by atoms with Crippen molar-refractivity contribution in [2.75, 3.05) is 13.1 Å². The molecule has 1 saturated heterocycles. The van der Waals surface area contributed by atoms with Crippen LogP contribution in [0.2, 0.25) is 0 Å². The van der Waals surface area contributed by atoms with E-state index in [2.05, 4.69) is 18.7 Å². The molecule has 2 rings (SSSR count). The highest BCUT2D eigenvalue weighted by molar-refractivity contribution is 5.79. The molecular formula is C15H27NO2. The average molecular weight is 253 g/mol. The maximum atomic E-state index is 11.8. The van der Waals surface area contributed by atoms with Crippen LogP contribution in [0, 0.1) is 5.41 Å². The lowest BCUT2D eigenvalue weighted by molar-refractivity contribution is -0.166. The molecule has 0 bridgehead atoms. The average Bonchev–Trinajstić information content (AvgIpc) is 2.56. The molecule has 2 aliphatic rings. The van der Waals surface area contributed by atoms with Crippen LogP contribution < -0.4 is 0 Å². The molecule has 1 heterocycles. The van der Waals surface area contributed by atoms with Crippen LogP contribution in [0.25, 0.3) is 0 Å². The number of nitrogens with zero attached hydrogens (tertiary/aromatic N) is 1. The van der Waals surface area contributed by atoms with Crippen LogP contribution in [0.1, 0.15) is 65.2 Å². The Kier molecular flexibility index (Phi) is 4.00. The van der Waals surface area contributed by atoms with Gasteiger partial charge >= 0.3 is 5.97 Å². The summed E-state index contributed by atoms with van der Waals surface area (Å²) in [6.45, 7) is 6.46. The predicted octanol–water partition coefficient (Wildman–Crippen LogP) is 3.29. The van der Waals surface area contributed by atoms with Crippen LogP contribution >= 0.6 is 0 Å². The van der Waals surface area contributed by atoms with Crippen molar-refractivity contribution >= 4 is 5.97 Å². The molecule has 0 radical (unpaired) electrons. The molecule has 0 aromatic rings. The van der Waals surface area contributed by atoms with Gasteiger partial charge in [-0.25, -0.2) is 0 Å². The number of likely N-dealkylation sites (tertiary alicyclic amines) is 1. The summed E-state index contributed by atoms with van der Waals surface area (Å²) in [5, 5.41) is 9.72. The Labute approximate surface area is 111 Å². The number of carboxylic acid groups (broad SMARTS) is 1. The maximum absolute atomic E-state index is 11.8. The monoisotopic (exact) mass is 253 g/mol. The molecule has 0 spiro atoms. The molecule has 1 saturated carbocycles. The van der Waals surface area contributed by atoms with Gasteiger partial charge in [0.2, 0.25) is 0 Å². The molecule has 1 aliphatic carbocycles. The fraction of sp³-hybridized carbons (Fsp3) is 0.933. The number of hydrogen-bond acceptors (Lipinski definition) is 2. The molecule has 3 nitrogen and oxygen atoms in total. The summed E-state index contributed by atoms with van der Waals surface area (Å²) in [4.78, 5) is 14.1. The minimum atomic E-state index is -0.579. The van der Waals surface area contributed by atoms with Gasteiger partial charge in [0, 0.05) is 13.1 Å². The Balaban J connectivity index is 2.10. The zero-order chi connectivity index (χ0) is 13.2. The molecule has 18 heavy (non-hydrogen) atoms. The van der Waals surface area contributed by atoms with Crippen molar-refractivity contribution in [1.82, 2.24) is 4.90 Å². The van der Waals surface area contributed by atoms with Crippen molar-refractivity contribution in [3.8, 4) is 0 Å². The molecule has 1 aliphatic heterocycles. The summed E-state index contributed by atoms with van der Waals surface area (Å²) in [5.41, 5.74) is -0.140. The van der Waals surface area contributed by atoms with Crippen LogP contribution in [0.4, 0.5) is 0 Å². The van der Waals surface area contributed by atoms with E-state index in [1.54, 1.807) is 0 Å². The first kappa shape index (κ1) is 13.9. The van der Waals surface area contributed by atoms with E-state index in [-0.39, 0.29) is 0 Å². The minimum Gasteiger partial charge on any atom is -0.480 e. The van der Waals surface area contributed by atoms with Gasteiger partial charge in [-0.05, 0) is 31.1 Å². The van der Waals surface area contributed by atoms with Crippen molar-refractivity contribution < 1.29 is 9.90 Å². The lowest BCUT2D eigenvalue weighted by atomic mass is 9.71. The van der Waals surface area contributed by atoms with Crippen LogP contribution in [0.3, 0.4) is 0 Å². The normalized spacial score (nSPS) is 27.2. The molecule has 0 aromatic carbocycles. The van der Waals surface area contributed by atoms with Gasteiger partial charge in [-0.15, -0.1) is 0 Å². The summed E-state index contributed by atoms with van der Waals surface area (Å²) in [5.74, 6) is -0.579. The summed E-state index contributed by atoms with van der Waals surface area (Å²) in [6, 6.07) is 0. The van der Waals surface area contributed by atoms with Gasteiger partial charge < -0.3 is 5.11 Å². The topological polar surface area (TPSA) is 40.5 Å². The highest BCUT2D eigenvalue weighted by atomic mass is 16.4. The number of carbonyl (C=O) groups is 1. The summed E-state index contributed by atoms with van der Waals surface area (Å²) in [7, 11) is 0. The number of rotatable bonds is 4. The number of hydrogen-bond donors (Lipinski definition) is 1. The summed E-state index contributed by atoms with van der Waals surface area (Å²) < 4.78 is 0. The first-order valence-electron chi connectivity index (χ1n) is 7.57. The van der Waals surface area contributed by atoms with Crippen LogP contribution in [-0.2, 0) is 4.79 Å². The van der Waals surface area contributed by atoms with Crippen molar-refractivity contribution in [2.24, 2.45) is 5.41 Å². The van der Waals surface area contributed by atoms with Crippen molar-refractivity contribution in [1.29, 1.82) is 0 Å². The SMILES string of the molecule is CCC1(CC)CN(C2(C(=O)O)CCCCCC2)C1. The molecule has 2 fully saturated rings. The standard InChI is InChI=1S/C15H27NO2/c1-3-14(4-2)11-16(12-14)15(13(17)18)9-7-5-6-8-10-15/h3-12H2,1-2H3,(H,17,18). The molecule has 104 valence electrons. The molecule has 3 heteroatoms. The van der Waals surface area contributed by atoms with E-state index in [1.165, 1.54) is 25.7 Å². The first-order valence-corrected chi connectivity index (χ1v) is 7.57. The fourth-order valence-corrected chi connectivity index (χ4v) is 3.74. The Hall–Kier alpha value is -0.570. The van der Waals surface area contributed by atoms with Gasteiger partial charge in [0.25, 0.3) is 0 Å². The van der Waals surface area contributed by atoms with E-state index in [4.69, 9.17) is 0 Å². The van der Waals surface area contributed by atoms with Gasteiger partial charge in [-0.1, -0.05) is 39.5 Å². The van der Waals surface area contributed by atoms with Gasteiger partial charge in [0.15, 0.2) is 0 Å². The quantitative estimate of drug-likeness (QED) is 0.782. The Morgan fingerprint density at radius 1 is 1.06 bits per heavy atom. The van der Waals surface area contributed by atoms with Crippen molar-refractivity contribution in [2.45, 2.75) is 70.8 Å². The van der Waals surface area contributed by atoms with E-state index < -0.39 is 11.5 Å². The maximum Gasteiger partial charge on any atom is 0.324 e. The summed E-state index contributed by atoms with van der Waals surface area (Å²) >= 11 is 0. The van der Waals surface area contributed by atoms with E-state index in [0.29, 0.717) is 5.41 Å². The molecule has 1 N–H and O–H groups in total. The number of carboxylic acids is 1. The van der Waals surface area contributed by atoms with Crippen LogP contribution in [-0.4, -0.2) is 34.6 Å². The van der Waals surface area contributed by atoms with E-state index in [9.17, 15) is 9.90 Å².